The zero-order valence-corrected chi connectivity index (χ0v) is 18.3. The summed E-state index contributed by atoms with van der Waals surface area (Å²) in [5.41, 5.74) is -6.08. The number of halogens is 7. The lowest BCUT2D eigenvalue weighted by molar-refractivity contribution is -0.376. The normalized spacial score (nSPS) is 12.8. The maximum atomic E-state index is 13.3. The van der Waals surface area contributed by atoms with Crippen molar-refractivity contribution >= 4 is 22.5 Å². The molecule has 0 saturated carbocycles. The summed E-state index contributed by atoms with van der Waals surface area (Å²) in [6, 6.07) is 16.1. The Labute approximate surface area is 199 Å². The molecular weight excluding hydrogens is 498 g/mol. The summed E-state index contributed by atoms with van der Waals surface area (Å²) in [6.07, 6.45) is -11.9. The molecule has 4 rings (SSSR count). The third-order valence-electron chi connectivity index (χ3n) is 5.47. The molecule has 0 aliphatic heterocycles. The number of rotatable bonds is 4. The zero-order valence-electron chi connectivity index (χ0n) is 17.5. The van der Waals surface area contributed by atoms with Gasteiger partial charge in [-0.05, 0) is 35.9 Å². The molecule has 3 aromatic carbocycles. The van der Waals surface area contributed by atoms with E-state index in [2.05, 4.69) is 4.98 Å². The van der Waals surface area contributed by atoms with E-state index in [4.69, 9.17) is 11.6 Å². The summed E-state index contributed by atoms with van der Waals surface area (Å²) in [5.74, 6) is 0.200. The maximum Gasteiger partial charge on any atom is 0.430 e. The number of benzene rings is 3. The van der Waals surface area contributed by atoms with E-state index in [1.54, 1.807) is 30.3 Å². The van der Waals surface area contributed by atoms with E-state index in [-0.39, 0.29) is 28.3 Å². The van der Waals surface area contributed by atoms with Crippen LogP contribution in [0.1, 0.15) is 17.0 Å². The molecule has 35 heavy (non-hydrogen) atoms. The summed E-state index contributed by atoms with van der Waals surface area (Å²) in [5, 5.41) is 10.0. The van der Waals surface area contributed by atoms with Gasteiger partial charge >= 0.3 is 12.4 Å². The fraction of sp³-hybridized carbons (Fsp3) is 0.167. The van der Waals surface area contributed by atoms with Crippen molar-refractivity contribution in [2.24, 2.45) is 0 Å². The SMILES string of the molecule is O=c1c2cc(Cl)ccc2nc(Cc2ccccc2)n1-c1ccc(C(O)(C(F)(F)F)C(F)(F)F)cc1. The molecule has 0 saturated heterocycles. The molecule has 1 heterocycles. The Morgan fingerprint density at radius 2 is 1.46 bits per heavy atom. The fourth-order valence-corrected chi connectivity index (χ4v) is 3.88. The van der Waals surface area contributed by atoms with Crippen LogP contribution in [0.25, 0.3) is 16.6 Å². The number of nitrogens with zero attached hydrogens (tertiary/aromatic N) is 2. The van der Waals surface area contributed by atoms with Gasteiger partial charge in [0.1, 0.15) is 5.82 Å². The smallest absolute Gasteiger partial charge is 0.369 e. The summed E-state index contributed by atoms with van der Waals surface area (Å²) < 4.78 is 80.6. The molecule has 0 unspecified atom stereocenters. The number of aromatic nitrogens is 2. The second kappa shape index (κ2) is 8.69. The van der Waals surface area contributed by atoms with Crippen molar-refractivity contribution in [1.29, 1.82) is 0 Å². The minimum absolute atomic E-state index is 0.0363. The van der Waals surface area contributed by atoms with Crippen LogP contribution in [-0.4, -0.2) is 27.0 Å². The summed E-state index contributed by atoms with van der Waals surface area (Å²) in [4.78, 5) is 17.8. The molecule has 0 aliphatic carbocycles. The van der Waals surface area contributed by atoms with E-state index in [9.17, 15) is 36.2 Å². The van der Waals surface area contributed by atoms with Crippen LogP contribution in [0.15, 0.2) is 77.6 Å². The third-order valence-corrected chi connectivity index (χ3v) is 5.70. The van der Waals surface area contributed by atoms with Crippen molar-refractivity contribution in [2.75, 3.05) is 0 Å². The molecule has 4 nitrogen and oxygen atoms in total. The second-order valence-corrected chi connectivity index (χ2v) is 8.18. The van der Waals surface area contributed by atoms with Gasteiger partial charge < -0.3 is 5.11 Å². The van der Waals surface area contributed by atoms with Gasteiger partial charge in [-0.3, -0.25) is 9.36 Å². The summed E-state index contributed by atoms with van der Waals surface area (Å²) in [6.45, 7) is 0. The van der Waals surface area contributed by atoms with Gasteiger partial charge in [0.2, 0.25) is 0 Å². The number of hydrogen-bond acceptors (Lipinski definition) is 3. The van der Waals surface area contributed by atoms with Crippen LogP contribution in [0.3, 0.4) is 0 Å². The molecule has 1 aromatic heterocycles. The van der Waals surface area contributed by atoms with E-state index in [0.717, 1.165) is 22.3 Å². The minimum atomic E-state index is -6.02. The molecule has 0 atom stereocenters. The van der Waals surface area contributed by atoms with Gasteiger partial charge in [-0.2, -0.15) is 26.3 Å². The first-order chi connectivity index (χ1) is 16.3. The molecule has 1 N–H and O–H groups in total. The van der Waals surface area contributed by atoms with Crippen LogP contribution in [0, 0.1) is 0 Å². The lowest BCUT2D eigenvalue weighted by Gasteiger charge is -2.32. The zero-order chi connectivity index (χ0) is 25.6. The van der Waals surface area contributed by atoms with Gasteiger partial charge in [0, 0.05) is 17.0 Å². The number of alkyl halides is 6. The standard InChI is InChI=1S/C24H15ClF6N2O2/c25-16-8-11-19-18(13-16)21(34)33(20(32-19)12-14-4-2-1-3-5-14)17-9-6-15(7-10-17)22(35,23(26,27)28)24(29,30)31/h1-11,13,35H,12H2. The highest BCUT2D eigenvalue weighted by Gasteiger charge is 2.71. The highest BCUT2D eigenvalue weighted by atomic mass is 35.5. The molecule has 0 radical (unpaired) electrons. The average Bonchev–Trinajstić information content (AvgIpc) is 2.79. The molecule has 11 heteroatoms. The highest BCUT2D eigenvalue weighted by Crippen LogP contribution is 2.50. The lowest BCUT2D eigenvalue weighted by atomic mass is 9.92. The molecule has 0 bridgehead atoms. The number of aliphatic hydroxyl groups is 1. The Kier molecular flexibility index (Phi) is 6.14. The minimum Gasteiger partial charge on any atom is -0.369 e. The van der Waals surface area contributed by atoms with Gasteiger partial charge in [-0.25, -0.2) is 4.98 Å². The Morgan fingerprint density at radius 1 is 0.857 bits per heavy atom. The van der Waals surface area contributed by atoms with E-state index >= 15 is 0 Å². The van der Waals surface area contributed by atoms with Crippen LogP contribution < -0.4 is 5.56 Å². The first kappa shape index (κ1) is 24.7. The van der Waals surface area contributed by atoms with Crippen molar-refractivity contribution in [3.05, 3.63) is 105 Å². The third kappa shape index (κ3) is 4.39. The molecule has 0 spiro atoms. The van der Waals surface area contributed by atoms with Crippen molar-refractivity contribution < 1.29 is 31.4 Å². The van der Waals surface area contributed by atoms with E-state index in [0.29, 0.717) is 17.6 Å². The quantitative estimate of drug-likeness (QED) is 0.344. The van der Waals surface area contributed by atoms with Crippen molar-refractivity contribution in [3.63, 3.8) is 0 Å². The Bertz CT molecular complexity index is 1420. The lowest BCUT2D eigenvalue weighted by Crippen LogP contribution is -2.53. The van der Waals surface area contributed by atoms with E-state index in [1.165, 1.54) is 18.2 Å². The molecule has 0 aliphatic rings. The number of fused-ring (bicyclic) bond motifs is 1. The first-order valence-corrected chi connectivity index (χ1v) is 10.4. The first-order valence-electron chi connectivity index (χ1n) is 10.0. The van der Waals surface area contributed by atoms with Gasteiger partial charge in [0.25, 0.3) is 11.2 Å². The highest BCUT2D eigenvalue weighted by molar-refractivity contribution is 6.31. The second-order valence-electron chi connectivity index (χ2n) is 7.75. The molecule has 0 amide bonds. The maximum absolute atomic E-state index is 13.3. The fourth-order valence-electron chi connectivity index (χ4n) is 3.71. The van der Waals surface area contributed by atoms with Gasteiger partial charge in [-0.1, -0.05) is 54.1 Å². The van der Waals surface area contributed by atoms with Crippen molar-refractivity contribution in [3.8, 4) is 5.69 Å². The Morgan fingerprint density at radius 3 is 2.03 bits per heavy atom. The van der Waals surface area contributed by atoms with Crippen molar-refractivity contribution in [1.82, 2.24) is 9.55 Å². The van der Waals surface area contributed by atoms with Gasteiger partial charge in [0.15, 0.2) is 0 Å². The van der Waals surface area contributed by atoms with E-state index < -0.39 is 29.1 Å². The summed E-state index contributed by atoms with van der Waals surface area (Å²) >= 11 is 6.00. The average molecular weight is 513 g/mol. The van der Waals surface area contributed by atoms with Crippen LogP contribution in [0.2, 0.25) is 5.02 Å². The molecule has 4 aromatic rings. The predicted molar refractivity (Wildman–Crippen MR) is 118 cm³/mol. The van der Waals surface area contributed by atoms with Gasteiger partial charge in [-0.15, -0.1) is 0 Å². The Balaban J connectivity index is 1.91. The van der Waals surface area contributed by atoms with Gasteiger partial charge in [0.05, 0.1) is 16.6 Å². The largest absolute Gasteiger partial charge is 0.430 e. The summed E-state index contributed by atoms with van der Waals surface area (Å²) in [7, 11) is 0. The molecular formula is C24H15ClF6N2O2. The monoisotopic (exact) mass is 512 g/mol. The topological polar surface area (TPSA) is 55.1 Å². The molecule has 182 valence electrons. The van der Waals surface area contributed by atoms with E-state index in [1.807, 2.05) is 0 Å². The Hall–Kier alpha value is -3.37. The van der Waals surface area contributed by atoms with Crippen molar-refractivity contribution in [2.45, 2.75) is 24.4 Å². The molecule has 0 fully saturated rings. The van der Waals surface area contributed by atoms with Crippen LogP contribution >= 0.6 is 11.6 Å². The predicted octanol–water partition coefficient (Wildman–Crippen LogP) is 5.94. The number of hydrogen-bond donors (Lipinski definition) is 1. The van der Waals surface area contributed by atoms with Crippen LogP contribution in [-0.2, 0) is 12.0 Å². The van der Waals surface area contributed by atoms with Crippen LogP contribution in [0.4, 0.5) is 26.3 Å². The van der Waals surface area contributed by atoms with Crippen LogP contribution in [0.5, 0.6) is 0 Å².